The lowest BCUT2D eigenvalue weighted by atomic mass is 9.95. The Morgan fingerprint density at radius 2 is 2.04 bits per heavy atom. The van der Waals surface area contributed by atoms with Gasteiger partial charge in [-0.2, -0.15) is 5.26 Å². The fourth-order valence-electron chi connectivity index (χ4n) is 3.59. The van der Waals surface area contributed by atoms with E-state index in [1.54, 1.807) is 7.11 Å². The van der Waals surface area contributed by atoms with E-state index in [1.807, 2.05) is 49.1 Å². The number of carbonyl (C=O) groups excluding carboxylic acids is 1. The predicted molar refractivity (Wildman–Crippen MR) is 102 cm³/mol. The Balaban J connectivity index is 1.90. The molecule has 4 nitrogen and oxygen atoms in total. The number of carbonyl (C=O) groups is 1. The number of nitrogens with zero attached hydrogens (tertiary/aromatic N) is 2. The molecule has 1 amide bonds. The molecule has 1 saturated heterocycles. The van der Waals surface area contributed by atoms with Crippen molar-refractivity contribution in [2.75, 3.05) is 20.2 Å². The van der Waals surface area contributed by atoms with Crippen molar-refractivity contribution in [3.63, 3.8) is 0 Å². The van der Waals surface area contributed by atoms with E-state index in [0.29, 0.717) is 12.1 Å². The third kappa shape index (κ3) is 3.57. The second-order valence-electron chi connectivity index (χ2n) is 6.94. The molecule has 4 heteroatoms. The second kappa shape index (κ2) is 7.61. The molecule has 3 rings (SSSR count). The summed E-state index contributed by atoms with van der Waals surface area (Å²) in [4.78, 5) is 14.7. The number of piperidine rings is 1. The van der Waals surface area contributed by atoms with Gasteiger partial charge in [0.25, 0.3) is 5.91 Å². The first kappa shape index (κ1) is 18.0. The molecule has 0 bridgehead atoms. The van der Waals surface area contributed by atoms with E-state index < -0.39 is 0 Å². The Morgan fingerprint density at radius 3 is 2.77 bits per heavy atom. The standard InChI is InChI=1S/C22H24N2O2/c1-15-11-21(26-3)16(2)10-20(15)18-7-4-8-19(12-18)22(25)24-9-5-6-17(13-23)14-24/h4,7-8,10-12,17H,5-6,9,14H2,1-3H3/t17-/m1/s1. The van der Waals surface area contributed by atoms with Crippen LogP contribution in [0.4, 0.5) is 0 Å². The molecular weight excluding hydrogens is 324 g/mol. The van der Waals surface area contributed by atoms with Crippen LogP contribution in [0.15, 0.2) is 36.4 Å². The minimum absolute atomic E-state index is 0.00897. The number of likely N-dealkylation sites (tertiary alicyclic amines) is 1. The first-order chi connectivity index (χ1) is 12.5. The van der Waals surface area contributed by atoms with Gasteiger partial charge >= 0.3 is 0 Å². The van der Waals surface area contributed by atoms with E-state index in [0.717, 1.165) is 47.4 Å². The van der Waals surface area contributed by atoms with Crippen LogP contribution in [-0.2, 0) is 0 Å². The molecular formula is C22H24N2O2. The Kier molecular flexibility index (Phi) is 5.27. The van der Waals surface area contributed by atoms with Gasteiger partial charge in [-0.15, -0.1) is 0 Å². The number of aryl methyl sites for hydroxylation is 2. The number of hydrogen-bond acceptors (Lipinski definition) is 3. The van der Waals surface area contributed by atoms with Crippen LogP contribution in [0.5, 0.6) is 5.75 Å². The largest absolute Gasteiger partial charge is 0.496 e. The minimum atomic E-state index is -0.0534. The molecule has 2 aromatic carbocycles. The molecule has 0 unspecified atom stereocenters. The van der Waals surface area contributed by atoms with Gasteiger partial charge in [0.1, 0.15) is 5.75 Å². The molecule has 1 atom stereocenters. The summed E-state index contributed by atoms with van der Waals surface area (Å²) >= 11 is 0. The summed E-state index contributed by atoms with van der Waals surface area (Å²) in [5.41, 5.74) is 4.98. The number of benzene rings is 2. The number of rotatable bonds is 3. The molecule has 1 fully saturated rings. The highest BCUT2D eigenvalue weighted by Gasteiger charge is 2.24. The number of hydrogen-bond donors (Lipinski definition) is 0. The zero-order valence-electron chi connectivity index (χ0n) is 15.6. The Bertz CT molecular complexity index is 867. The molecule has 0 radical (unpaired) electrons. The van der Waals surface area contributed by atoms with Gasteiger partial charge in [0, 0.05) is 18.7 Å². The zero-order chi connectivity index (χ0) is 18.7. The molecule has 26 heavy (non-hydrogen) atoms. The lowest BCUT2D eigenvalue weighted by Crippen LogP contribution is -2.39. The lowest BCUT2D eigenvalue weighted by molar-refractivity contribution is 0.0699. The van der Waals surface area contributed by atoms with Crippen molar-refractivity contribution in [3.05, 3.63) is 53.1 Å². The van der Waals surface area contributed by atoms with Crippen molar-refractivity contribution >= 4 is 5.91 Å². The quantitative estimate of drug-likeness (QED) is 0.828. The van der Waals surface area contributed by atoms with Crippen LogP contribution >= 0.6 is 0 Å². The Labute approximate surface area is 155 Å². The maximum Gasteiger partial charge on any atom is 0.253 e. The lowest BCUT2D eigenvalue weighted by Gasteiger charge is -2.29. The van der Waals surface area contributed by atoms with Gasteiger partial charge in [-0.25, -0.2) is 0 Å². The summed E-state index contributed by atoms with van der Waals surface area (Å²) in [5.74, 6) is 0.825. The molecule has 0 aromatic heterocycles. The fourth-order valence-corrected chi connectivity index (χ4v) is 3.59. The summed E-state index contributed by atoms with van der Waals surface area (Å²) in [7, 11) is 1.67. The topological polar surface area (TPSA) is 53.3 Å². The van der Waals surface area contributed by atoms with E-state index in [9.17, 15) is 4.79 Å². The first-order valence-electron chi connectivity index (χ1n) is 8.98. The van der Waals surface area contributed by atoms with E-state index >= 15 is 0 Å². The maximum atomic E-state index is 12.9. The molecule has 2 aromatic rings. The molecule has 1 aliphatic rings. The van der Waals surface area contributed by atoms with Crippen molar-refractivity contribution in [1.29, 1.82) is 5.26 Å². The Hall–Kier alpha value is -2.80. The SMILES string of the molecule is COc1cc(C)c(-c2cccc(C(=O)N3CCC[C@H](C#N)C3)c2)cc1C. The highest BCUT2D eigenvalue weighted by atomic mass is 16.5. The highest BCUT2D eigenvalue weighted by molar-refractivity contribution is 5.95. The highest BCUT2D eigenvalue weighted by Crippen LogP contribution is 2.31. The molecule has 1 heterocycles. The van der Waals surface area contributed by atoms with Gasteiger partial charge in [-0.1, -0.05) is 12.1 Å². The van der Waals surface area contributed by atoms with E-state index in [1.165, 1.54) is 0 Å². The van der Waals surface area contributed by atoms with Crippen molar-refractivity contribution < 1.29 is 9.53 Å². The van der Waals surface area contributed by atoms with E-state index in [2.05, 4.69) is 12.1 Å². The van der Waals surface area contributed by atoms with Gasteiger partial charge in [-0.05, 0) is 73.2 Å². The van der Waals surface area contributed by atoms with Crippen LogP contribution in [0.25, 0.3) is 11.1 Å². The summed E-state index contributed by atoms with van der Waals surface area (Å²) < 4.78 is 5.39. The molecule has 0 spiro atoms. The Morgan fingerprint density at radius 1 is 1.23 bits per heavy atom. The number of amides is 1. The van der Waals surface area contributed by atoms with Gasteiger partial charge in [0.2, 0.25) is 0 Å². The van der Waals surface area contributed by atoms with Gasteiger partial charge < -0.3 is 9.64 Å². The molecule has 134 valence electrons. The number of methoxy groups -OCH3 is 1. The fraction of sp³-hybridized carbons (Fsp3) is 0.364. The van der Waals surface area contributed by atoms with Crippen molar-refractivity contribution in [2.24, 2.45) is 5.92 Å². The van der Waals surface area contributed by atoms with Gasteiger partial charge in [0.05, 0.1) is 19.1 Å². The summed E-state index contributed by atoms with van der Waals surface area (Å²) in [5, 5.41) is 9.15. The van der Waals surface area contributed by atoms with Crippen LogP contribution in [0.1, 0.15) is 34.3 Å². The van der Waals surface area contributed by atoms with Crippen LogP contribution in [0.2, 0.25) is 0 Å². The van der Waals surface area contributed by atoms with Crippen LogP contribution in [0, 0.1) is 31.1 Å². The average molecular weight is 348 g/mol. The molecule has 0 saturated carbocycles. The monoisotopic (exact) mass is 348 g/mol. The molecule has 1 aliphatic heterocycles. The maximum absolute atomic E-state index is 12.9. The summed E-state index contributed by atoms with van der Waals surface area (Å²) in [6.07, 6.45) is 1.77. The third-order valence-electron chi connectivity index (χ3n) is 5.05. The molecule has 0 N–H and O–H groups in total. The zero-order valence-corrected chi connectivity index (χ0v) is 15.6. The van der Waals surface area contributed by atoms with Crippen LogP contribution in [0.3, 0.4) is 0 Å². The second-order valence-corrected chi connectivity index (χ2v) is 6.94. The smallest absolute Gasteiger partial charge is 0.253 e. The number of ether oxygens (including phenoxy) is 1. The van der Waals surface area contributed by atoms with Crippen molar-refractivity contribution in [2.45, 2.75) is 26.7 Å². The van der Waals surface area contributed by atoms with Gasteiger partial charge in [0.15, 0.2) is 0 Å². The van der Waals surface area contributed by atoms with E-state index in [4.69, 9.17) is 10.00 Å². The van der Waals surface area contributed by atoms with Crippen molar-refractivity contribution in [1.82, 2.24) is 4.90 Å². The van der Waals surface area contributed by atoms with E-state index in [-0.39, 0.29) is 11.8 Å². The summed E-state index contributed by atoms with van der Waals surface area (Å²) in [6, 6.07) is 14.2. The number of nitriles is 1. The normalized spacial score (nSPS) is 16.8. The molecule has 0 aliphatic carbocycles. The van der Waals surface area contributed by atoms with Gasteiger partial charge in [-0.3, -0.25) is 4.79 Å². The third-order valence-corrected chi connectivity index (χ3v) is 5.05. The van der Waals surface area contributed by atoms with Crippen LogP contribution < -0.4 is 4.74 Å². The van der Waals surface area contributed by atoms with Crippen molar-refractivity contribution in [3.8, 4) is 22.9 Å². The average Bonchev–Trinajstić information content (AvgIpc) is 2.68. The first-order valence-corrected chi connectivity index (χ1v) is 8.98. The summed E-state index contributed by atoms with van der Waals surface area (Å²) in [6.45, 7) is 5.32. The van der Waals surface area contributed by atoms with Crippen LogP contribution in [-0.4, -0.2) is 31.0 Å². The minimum Gasteiger partial charge on any atom is -0.496 e. The predicted octanol–water partition coefficient (Wildman–Crippen LogP) is 4.35.